The summed E-state index contributed by atoms with van der Waals surface area (Å²) < 4.78 is 5.42. The molecule has 16 heavy (non-hydrogen) atoms. The molecule has 0 fully saturated rings. The maximum atomic E-state index is 11.6. The molecule has 0 atom stereocenters. The standard InChI is InChI=1S/C9H10BrClN2O3/c1-15-2-3-16-13-9(14)7-4-6(10)5-12-8(7)11/h4-5H,2-3H2,1H3,(H,13,14). The van der Waals surface area contributed by atoms with Gasteiger partial charge in [-0.2, -0.15) is 0 Å². The van der Waals surface area contributed by atoms with Crippen molar-refractivity contribution in [1.82, 2.24) is 10.5 Å². The van der Waals surface area contributed by atoms with Crippen LogP contribution in [-0.2, 0) is 9.57 Å². The Bertz CT molecular complexity index is 376. The van der Waals surface area contributed by atoms with E-state index in [1.807, 2.05) is 0 Å². The highest BCUT2D eigenvalue weighted by Gasteiger charge is 2.11. The van der Waals surface area contributed by atoms with E-state index < -0.39 is 5.91 Å². The van der Waals surface area contributed by atoms with Gasteiger partial charge in [-0.25, -0.2) is 10.5 Å². The first-order valence-corrected chi connectivity index (χ1v) is 5.54. The van der Waals surface area contributed by atoms with Gasteiger partial charge in [-0.05, 0) is 22.0 Å². The molecule has 0 saturated carbocycles. The van der Waals surface area contributed by atoms with Gasteiger partial charge in [0, 0.05) is 17.8 Å². The number of methoxy groups -OCH3 is 1. The second kappa shape index (κ2) is 6.80. The van der Waals surface area contributed by atoms with Crippen LogP contribution in [0.1, 0.15) is 10.4 Å². The number of ether oxygens (including phenoxy) is 1. The van der Waals surface area contributed by atoms with Crippen molar-refractivity contribution in [2.75, 3.05) is 20.3 Å². The predicted octanol–water partition coefficient (Wildman–Crippen LogP) is 1.81. The molecule has 0 aliphatic rings. The zero-order valence-corrected chi connectivity index (χ0v) is 10.8. The van der Waals surface area contributed by atoms with Crippen LogP contribution in [0.15, 0.2) is 16.7 Å². The van der Waals surface area contributed by atoms with E-state index >= 15 is 0 Å². The molecule has 1 aromatic rings. The minimum atomic E-state index is -0.449. The van der Waals surface area contributed by atoms with Gasteiger partial charge in [0.15, 0.2) is 0 Å². The van der Waals surface area contributed by atoms with Crippen LogP contribution in [0.4, 0.5) is 0 Å². The SMILES string of the molecule is COCCONC(=O)c1cc(Br)cnc1Cl. The number of nitrogens with zero attached hydrogens (tertiary/aromatic N) is 1. The molecule has 0 aromatic carbocycles. The van der Waals surface area contributed by atoms with Crippen molar-refractivity contribution in [2.45, 2.75) is 0 Å². The van der Waals surface area contributed by atoms with Gasteiger partial charge in [-0.3, -0.25) is 9.63 Å². The lowest BCUT2D eigenvalue weighted by atomic mass is 10.3. The Balaban J connectivity index is 2.55. The van der Waals surface area contributed by atoms with Gasteiger partial charge < -0.3 is 4.74 Å². The summed E-state index contributed by atoms with van der Waals surface area (Å²) >= 11 is 8.95. The molecule has 5 nitrogen and oxygen atoms in total. The Morgan fingerprint density at radius 1 is 1.62 bits per heavy atom. The Hall–Kier alpha value is -0.690. The van der Waals surface area contributed by atoms with E-state index in [1.54, 1.807) is 13.2 Å². The van der Waals surface area contributed by atoms with E-state index in [0.717, 1.165) is 0 Å². The van der Waals surface area contributed by atoms with Gasteiger partial charge in [0.05, 0.1) is 18.8 Å². The molecule has 1 amide bonds. The number of rotatable bonds is 5. The highest BCUT2D eigenvalue weighted by Crippen LogP contribution is 2.17. The van der Waals surface area contributed by atoms with Crippen LogP contribution < -0.4 is 5.48 Å². The van der Waals surface area contributed by atoms with Crippen LogP contribution in [0, 0.1) is 0 Å². The first-order chi connectivity index (χ1) is 7.65. The summed E-state index contributed by atoms with van der Waals surface area (Å²) in [5.41, 5.74) is 2.48. The second-order valence-corrected chi connectivity index (χ2v) is 4.04. The summed E-state index contributed by atoms with van der Waals surface area (Å²) in [6.45, 7) is 0.659. The molecule has 0 spiro atoms. The number of amides is 1. The minimum Gasteiger partial charge on any atom is -0.382 e. The van der Waals surface area contributed by atoms with Gasteiger partial charge >= 0.3 is 0 Å². The number of aromatic nitrogens is 1. The van der Waals surface area contributed by atoms with E-state index in [4.69, 9.17) is 21.2 Å². The molecule has 0 bridgehead atoms. The Morgan fingerprint density at radius 2 is 2.38 bits per heavy atom. The van der Waals surface area contributed by atoms with E-state index in [1.165, 1.54) is 6.20 Å². The average molecular weight is 310 g/mol. The predicted molar refractivity (Wildman–Crippen MR) is 62.2 cm³/mol. The van der Waals surface area contributed by atoms with Crippen molar-refractivity contribution in [3.8, 4) is 0 Å². The highest BCUT2D eigenvalue weighted by atomic mass is 79.9. The molecule has 0 aliphatic carbocycles. The second-order valence-electron chi connectivity index (χ2n) is 2.76. The molecule has 1 aromatic heterocycles. The molecule has 1 heterocycles. The molecular weight excluding hydrogens is 299 g/mol. The maximum Gasteiger partial charge on any atom is 0.278 e. The summed E-state index contributed by atoms with van der Waals surface area (Å²) in [4.78, 5) is 20.2. The molecule has 0 radical (unpaired) electrons. The fourth-order valence-electron chi connectivity index (χ4n) is 0.878. The fourth-order valence-corrected chi connectivity index (χ4v) is 1.40. The number of carbonyl (C=O) groups is 1. The number of nitrogens with one attached hydrogen (secondary N) is 1. The third kappa shape index (κ3) is 4.05. The fraction of sp³-hybridized carbons (Fsp3) is 0.333. The molecule has 0 saturated heterocycles. The van der Waals surface area contributed by atoms with Crippen LogP contribution in [0.5, 0.6) is 0 Å². The number of halogens is 2. The van der Waals surface area contributed by atoms with Crippen molar-refractivity contribution in [2.24, 2.45) is 0 Å². The number of pyridine rings is 1. The molecule has 1 rings (SSSR count). The summed E-state index contributed by atoms with van der Waals surface area (Å²) in [5.74, 6) is -0.449. The number of carbonyl (C=O) groups excluding carboxylic acids is 1. The first kappa shape index (κ1) is 13.4. The summed E-state index contributed by atoms with van der Waals surface area (Å²) in [6.07, 6.45) is 1.50. The monoisotopic (exact) mass is 308 g/mol. The summed E-state index contributed by atoms with van der Waals surface area (Å²) in [7, 11) is 1.54. The Kier molecular flexibility index (Phi) is 5.68. The normalized spacial score (nSPS) is 10.2. The minimum absolute atomic E-state index is 0.121. The lowest BCUT2D eigenvalue weighted by molar-refractivity contribution is 0.00887. The van der Waals surface area contributed by atoms with Crippen LogP contribution in [0.3, 0.4) is 0 Å². The molecule has 7 heteroatoms. The van der Waals surface area contributed by atoms with Crippen molar-refractivity contribution < 1.29 is 14.4 Å². The zero-order chi connectivity index (χ0) is 12.0. The van der Waals surface area contributed by atoms with Crippen molar-refractivity contribution in [1.29, 1.82) is 0 Å². The van der Waals surface area contributed by atoms with E-state index in [2.05, 4.69) is 26.4 Å². The summed E-state index contributed by atoms with van der Waals surface area (Å²) in [6, 6.07) is 1.56. The number of hydroxylamine groups is 1. The maximum absolute atomic E-state index is 11.6. The van der Waals surface area contributed by atoms with Gasteiger partial charge in [-0.1, -0.05) is 11.6 Å². The van der Waals surface area contributed by atoms with Crippen LogP contribution >= 0.6 is 27.5 Å². The van der Waals surface area contributed by atoms with Gasteiger partial charge in [-0.15, -0.1) is 0 Å². The van der Waals surface area contributed by atoms with Crippen molar-refractivity contribution in [3.05, 3.63) is 27.5 Å². The molecular formula is C9H10BrClN2O3. The lowest BCUT2D eigenvalue weighted by Gasteiger charge is -2.06. The lowest BCUT2D eigenvalue weighted by Crippen LogP contribution is -2.25. The van der Waals surface area contributed by atoms with Crippen LogP contribution in [-0.4, -0.2) is 31.2 Å². The largest absolute Gasteiger partial charge is 0.382 e. The molecule has 0 unspecified atom stereocenters. The quantitative estimate of drug-likeness (QED) is 0.512. The van der Waals surface area contributed by atoms with Crippen molar-refractivity contribution in [3.63, 3.8) is 0 Å². The first-order valence-electron chi connectivity index (χ1n) is 4.37. The Labute approximate surface area is 106 Å². The molecule has 88 valence electrons. The van der Waals surface area contributed by atoms with E-state index in [0.29, 0.717) is 11.1 Å². The smallest absolute Gasteiger partial charge is 0.278 e. The van der Waals surface area contributed by atoms with E-state index in [-0.39, 0.29) is 17.3 Å². The van der Waals surface area contributed by atoms with E-state index in [9.17, 15) is 4.79 Å². The topological polar surface area (TPSA) is 60.5 Å². The number of hydrogen-bond acceptors (Lipinski definition) is 4. The van der Waals surface area contributed by atoms with Crippen LogP contribution in [0.25, 0.3) is 0 Å². The Morgan fingerprint density at radius 3 is 3.06 bits per heavy atom. The number of hydrogen-bond donors (Lipinski definition) is 1. The molecule has 0 aliphatic heterocycles. The van der Waals surface area contributed by atoms with Gasteiger partial charge in [0.1, 0.15) is 5.15 Å². The highest BCUT2D eigenvalue weighted by molar-refractivity contribution is 9.10. The third-order valence-corrected chi connectivity index (χ3v) is 2.34. The van der Waals surface area contributed by atoms with Crippen molar-refractivity contribution >= 4 is 33.4 Å². The van der Waals surface area contributed by atoms with Gasteiger partial charge in [0.25, 0.3) is 5.91 Å². The zero-order valence-electron chi connectivity index (χ0n) is 8.50. The summed E-state index contributed by atoms with van der Waals surface area (Å²) in [5, 5.41) is 0.121. The average Bonchev–Trinajstić information content (AvgIpc) is 2.27. The van der Waals surface area contributed by atoms with Gasteiger partial charge in [0.2, 0.25) is 0 Å². The van der Waals surface area contributed by atoms with Crippen LogP contribution in [0.2, 0.25) is 5.15 Å². The third-order valence-electron chi connectivity index (χ3n) is 1.60. The molecule has 1 N–H and O–H groups in total.